The Morgan fingerprint density at radius 3 is 2.21 bits per heavy atom. The molecule has 0 spiro atoms. The SMILES string of the molecule is CCC[C@](C)(CCl)CC(=O)N[C@](C)(CC)C(=O)OC. The minimum Gasteiger partial charge on any atom is -0.467 e. The average molecular weight is 292 g/mol. The van der Waals surface area contributed by atoms with E-state index in [0.717, 1.165) is 12.8 Å². The second-order valence-electron chi connectivity index (χ2n) is 5.60. The van der Waals surface area contributed by atoms with Gasteiger partial charge in [-0.1, -0.05) is 27.2 Å². The van der Waals surface area contributed by atoms with E-state index in [1.807, 2.05) is 13.8 Å². The summed E-state index contributed by atoms with van der Waals surface area (Å²) in [5, 5.41) is 2.77. The standard InChI is InChI=1S/C14H26ClNO3/c1-6-8-13(3,10-15)9-11(17)16-14(4,7-2)12(18)19-5/h6-10H2,1-5H3,(H,16,17)/t13-,14+/m0/s1. The van der Waals surface area contributed by atoms with Crippen molar-refractivity contribution in [2.45, 2.75) is 58.9 Å². The van der Waals surface area contributed by atoms with E-state index < -0.39 is 11.5 Å². The number of carbonyl (C=O) groups excluding carboxylic acids is 2. The zero-order chi connectivity index (χ0) is 15.1. The van der Waals surface area contributed by atoms with Crippen LogP contribution in [0.4, 0.5) is 0 Å². The van der Waals surface area contributed by atoms with Gasteiger partial charge < -0.3 is 10.1 Å². The minimum absolute atomic E-state index is 0.161. The van der Waals surface area contributed by atoms with Crippen molar-refractivity contribution in [1.82, 2.24) is 5.32 Å². The zero-order valence-corrected chi connectivity index (χ0v) is 13.4. The molecule has 0 aliphatic rings. The van der Waals surface area contributed by atoms with Crippen molar-refractivity contribution in [1.29, 1.82) is 0 Å². The van der Waals surface area contributed by atoms with Crippen molar-refractivity contribution in [2.75, 3.05) is 13.0 Å². The number of alkyl halides is 1. The summed E-state index contributed by atoms with van der Waals surface area (Å²) in [6, 6.07) is 0. The van der Waals surface area contributed by atoms with Crippen LogP contribution in [0.3, 0.4) is 0 Å². The van der Waals surface area contributed by atoms with Crippen LogP contribution >= 0.6 is 11.6 Å². The number of hydrogen-bond donors (Lipinski definition) is 1. The molecule has 112 valence electrons. The molecule has 0 saturated carbocycles. The summed E-state index contributed by atoms with van der Waals surface area (Å²) >= 11 is 5.95. The molecule has 0 aromatic rings. The molecule has 4 nitrogen and oxygen atoms in total. The summed E-state index contributed by atoms with van der Waals surface area (Å²) in [4.78, 5) is 23.8. The summed E-state index contributed by atoms with van der Waals surface area (Å²) in [5.41, 5.74) is -1.20. The molecular weight excluding hydrogens is 266 g/mol. The third-order valence-corrected chi connectivity index (χ3v) is 4.17. The molecule has 0 unspecified atom stereocenters. The fourth-order valence-electron chi connectivity index (χ4n) is 2.05. The van der Waals surface area contributed by atoms with Gasteiger partial charge in [0.2, 0.25) is 5.91 Å². The Balaban J connectivity index is 4.72. The molecule has 0 aromatic carbocycles. The lowest BCUT2D eigenvalue weighted by Crippen LogP contribution is -2.53. The van der Waals surface area contributed by atoms with E-state index in [1.165, 1.54) is 7.11 Å². The summed E-state index contributed by atoms with van der Waals surface area (Å²) in [6.45, 7) is 7.57. The molecule has 0 heterocycles. The first kappa shape index (κ1) is 18.2. The number of ether oxygens (including phenoxy) is 1. The fraction of sp³-hybridized carbons (Fsp3) is 0.857. The largest absolute Gasteiger partial charge is 0.467 e. The number of rotatable bonds is 8. The Kier molecular flexibility index (Phi) is 7.42. The maximum atomic E-state index is 12.1. The van der Waals surface area contributed by atoms with Crippen LogP contribution in [-0.2, 0) is 14.3 Å². The number of esters is 1. The summed E-state index contributed by atoms with van der Waals surface area (Å²) in [7, 11) is 1.32. The van der Waals surface area contributed by atoms with Crippen LogP contribution in [0.2, 0.25) is 0 Å². The lowest BCUT2D eigenvalue weighted by molar-refractivity contribution is -0.150. The van der Waals surface area contributed by atoms with Gasteiger partial charge in [0.05, 0.1) is 7.11 Å². The predicted molar refractivity (Wildman–Crippen MR) is 77.2 cm³/mol. The molecule has 5 heteroatoms. The van der Waals surface area contributed by atoms with E-state index in [4.69, 9.17) is 16.3 Å². The number of methoxy groups -OCH3 is 1. The highest BCUT2D eigenvalue weighted by Crippen LogP contribution is 2.29. The van der Waals surface area contributed by atoms with Gasteiger partial charge in [0.15, 0.2) is 0 Å². The molecule has 1 N–H and O–H groups in total. The van der Waals surface area contributed by atoms with Gasteiger partial charge in [0.25, 0.3) is 0 Å². The molecule has 0 fully saturated rings. The second kappa shape index (κ2) is 7.73. The summed E-state index contributed by atoms with van der Waals surface area (Å²) in [5.74, 6) is -0.159. The number of hydrogen-bond acceptors (Lipinski definition) is 3. The summed E-state index contributed by atoms with van der Waals surface area (Å²) in [6.07, 6.45) is 2.65. The Hall–Kier alpha value is -0.770. The van der Waals surface area contributed by atoms with Crippen LogP contribution in [-0.4, -0.2) is 30.4 Å². The van der Waals surface area contributed by atoms with Crippen LogP contribution in [0.1, 0.15) is 53.4 Å². The van der Waals surface area contributed by atoms with Gasteiger partial charge >= 0.3 is 5.97 Å². The maximum absolute atomic E-state index is 12.1. The van der Waals surface area contributed by atoms with Crippen LogP contribution in [0, 0.1) is 5.41 Å². The monoisotopic (exact) mass is 291 g/mol. The normalized spacial score (nSPS) is 17.2. The molecule has 0 bridgehead atoms. The van der Waals surface area contributed by atoms with Crippen molar-refractivity contribution in [3.8, 4) is 0 Å². The Morgan fingerprint density at radius 1 is 1.26 bits per heavy atom. The number of amides is 1. The first-order valence-electron chi connectivity index (χ1n) is 6.72. The van der Waals surface area contributed by atoms with Gasteiger partial charge in [-0.3, -0.25) is 4.79 Å². The minimum atomic E-state index is -0.967. The lowest BCUT2D eigenvalue weighted by Gasteiger charge is -2.30. The second-order valence-corrected chi connectivity index (χ2v) is 5.86. The van der Waals surface area contributed by atoms with E-state index in [9.17, 15) is 9.59 Å². The molecule has 0 rings (SSSR count). The molecular formula is C14H26ClNO3. The zero-order valence-electron chi connectivity index (χ0n) is 12.6. The van der Waals surface area contributed by atoms with Crippen molar-refractivity contribution in [3.05, 3.63) is 0 Å². The molecule has 2 atom stereocenters. The van der Waals surface area contributed by atoms with Gasteiger partial charge in [-0.05, 0) is 25.2 Å². The van der Waals surface area contributed by atoms with Gasteiger partial charge in [-0.15, -0.1) is 11.6 Å². The van der Waals surface area contributed by atoms with Crippen molar-refractivity contribution in [3.63, 3.8) is 0 Å². The molecule has 0 aromatic heterocycles. The topological polar surface area (TPSA) is 55.4 Å². The van der Waals surface area contributed by atoms with Crippen molar-refractivity contribution in [2.24, 2.45) is 5.41 Å². The lowest BCUT2D eigenvalue weighted by atomic mass is 9.83. The first-order chi connectivity index (χ1) is 8.76. The van der Waals surface area contributed by atoms with E-state index in [1.54, 1.807) is 6.92 Å². The van der Waals surface area contributed by atoms with Gasteiger partial charge in [-0.2, -0.15) is 0 Å². The molecule has 0 aliphatic carbocycles. The quantitative estimate of drug-likeness (QED) is 0.553. The van der Waals surface area contributed by atoms with Gasteiger partial charge in [0, 0.05) is 12.3 Å². The van der Waals surface area contributed by atoms with Gasteiger partial charge in [-0.25, -0.2) is 4.79 Å². The van der Waals surface area contributed by atoms with E-state index in [0.29, 0.717) is 18.7 Å². The number of halogens is 1. The Morgan fingerprint density at radius 2 is 1.84 bits per heavy atom. The molecule has 0 aliphatic heterocycles. The molecule has 0 saturated heterocycles. The highest BCUT2D eigenvalue weighted by atomic mass is 35.5. The molecule has 1 amide bonds. The third-order valence-electron chi connectivity index (χ3n) is 3.52. The highest BCUT2D eigenvalue weighted by molar-refractivity contribution is 6.18. The maximum Gasteiger partial charge on any atom is 0.331 e. The van der Waals surface area contributed by atoms with Crippen LogP contribution in [0.5, 0.6) is 0 Å². The third kappa shape index (κ3) is 5.39. The van der Waals surface area contributed by atoms with E-state index in [2.05, 4.69) is 12.2 Å². The fourth-order valence-corrected chi connectivity index (χ4v) is 2.28. The van der Waals surface area contributed by atoms with E-state index >= 15 is 0 Å². The predicted octanol–water partition coefficient (Wildman–Crippen LogP) is 2.88. The number of nitrogens with one attached hydrogen (secondary N) is 1. The van der Waals surface area contributed by atoms with E-state index in [-0.39, 0.29) is 11.3 Å². The summed E-state index contributed by atoms with van der Waals surface area (Å²) < 4.78 is 4.73. The van der Waals surface area contributed by atoms with Crippen LogP contribution < -0.4 is 5.32 Å². The smallest absolute Gasteiger partial charge is 0.331 e. The van der Waals surface area contributed by atoms with Crippen molar-refractivity contribution >= 4 is 23.5 Å². The van der Waals surface area contributed by atoms with Crippen LogP contribution in [0.15, 0.2) is 0 Å². The first-order valence-corrected chi connectivity index (χ1v) is 7.25. The Bertz CT molecular complexity index is 322. The molecule has 0 radical (unpaired) electrons. The van der Waals surface area contributed by atoms with Gasteiger partial charge in [0.1, 0.15) is 5.54 Å². The van der Waals surface area contributed by atoms with Crippen LogP contribution in [0.25, 0.3) is 0 Å². The Labute approximate surface area is 121 Å². The average Bonchev–Trinajstić information content (AvgIpc) is 2.37. The van der Waals surface area contributed by atoms with Crippen molar-refractivity contribution < 1.29 is 14.3 Å². The highest BCUT2D eigenvalue weighted by Gasteiger charge is 2.36. The number of carbonyl (C=O) groups is 2. The molecule has 19 heavy (non-hydrogen) atoms.